The number of aliphatic hydroxyl groups is 1. The van der Waals surface area contributed by atoms with Crippen molar-refractivity contribution in [3.05, 3.63) is 35.9 Å². The van der Waals surface area contributed by atoms with E-state index in [4.69, 9.17) is 9.47 Å². The van der Waals surface area contributed by atoms with E-state index in [0.717, 1.165) is 5.56 Å². The van der Waals surface area contributed by atoms with Crippen molar-refractivity contribution in [2.24, 2.45) is 5.92 Å². The predicted octanol–water partition coefficient (Wildman–Crippen LogP) is 2.35. The molecule has 1 amide bonds. The van der Waals surface area contributed by atoms with Crippen molar-refractivity contribution in [3.8, 4) is 0 Å². The molecule has 1 aromatic carbocycles. The van der Waals surface area contributed by atoms with Crippen molar-refractivity contribution in [3.63, 3.8) is 0 Å². The van der Waals surface area contributed by atoms with Gasteiger partial charge in [-0.2, -0.15) is 0 Å². The molecule has 0 aliphatic carbocycles. The van der Waals surface area contributed by atoms with Gasteiger partial charge in [-0.3, -0.25) is 4.90 Å². The van der Waals surface area contributed by atoms with Crippen molar-refractivity contribution < 1.29 is 19.4 Å². The number of hydrogen-bond acceptors (Lipinski definition) is 4. The second kappa shape index (κ2) is 6.72. The van der Waals surface area contributed by atoms with Gasteiger partial charge in [-0.05, 0) is 17.9 Å². The average molecular weight is 279 g/mol. The number of benzene rings is 1. The molecule has 1 heterocycles. The van der Waals surface area contributed by atoms with Gasteiger partial charge in [0.1, 0.15) is 13.3 Å². The maximum atomic E-state index is 12.1. The first-order valence-electron chi connectivity index (χ1n) is 6.85. The highest BCUT2D eigenvalue weighted by Gasteiger charge is 2.38. The van der Waals surface area contributed by atoms with Gasteiger partial charge in [-0.15, -0.1) is 0 Å². The Morgan fingerprint density at radius 3 is 2.80 bits per heavy atom. The summed E-state index contributed by atoms with van der Waals surface area (Å²) in [5.74, 6) is 0.362. The zero-order chi connectivity index (χ0) is 14.5. The molecule has 2 atom stereocenters. The summed E-state index contributed by atoms with van der Waals surface area (Å²) >= 11 is 0. The molecule has 0 radical (unpaired) electrons. The zero-order valence-corrected chi connectivity index (χ0v) is 11.9. The molecule has 0 bridgehead atoms. The van der Waals surface area contributed by atoms with Crippen molar-refractivity contribution >= 4 is 6.09 Å². The summed E-state index contributed by atoms with van der Waals surface area (Å²) < 4.78 is 10.4. The highest BCUT2D eigenvalue weighted by molar-refractivity contribution is 5.68. The van der Waals surface area contributed by atoms with E-state index in [1.807, 2.05) is 44.2 Å². The van der Waals surface area contributed by atoms with Gasteiger partial charge in [0.2, 0.25) is 0 Å². The largest absolute Gasteiger partial charge is 0.444 e. The Balaban J connectivity index is 1.91. The fourth-order valence-corrected chi connectivity index (χ4v) is 2.23. The predicted molar refractivity (Wildman–Crippen MR) is 73.7 cm³/mol. The van der Waals surface area contributed by atoms with Crippen LogP contribution in [0.3, 0.4) is 0 Å². The Bertz CT molecular complexity index is 435. The third-order valence-electron chi connectivity index (χ3n) is 3.27. The first kappa shape index (κ1) is 14.8. The number of hydrogen-bond donors (Lipinski definition) is 1. The first-order valence-corrected chi connectivity index (χ1v) is 6.85. The molecule has 1 aliphatic heterocycles. The molecule has 0 saturated carbocycles. The molecular formula is C15H21NO4. The van der Waals surface area contributed by atoms with Crippen LogP contribution in [0, 0.1) is 5.92 Å². The molecule has 5 nitrogen and oxygen atoms in total. The van der Waals surface area contributed by atoms with Gasteiger partial charge in [-0.25, -0.2) is 4.79 Å². The van der Waals surface area contributed by atoms with Crippen LogP contribution < -0.4 is 0 Å². The molecule has 110 valence electrons. The zero-order valence-electron chi connectivity index (χ0n) is 11.9. The molecule has 1 saturated heterocycles. The van der Waals surface area contributed by atoms with Gasteiger partial charge in [-0.1, -0.05) is 44.2 Å². The number of aliphatic hydroxyl groups excluding tert-OH is 1. The Kier molecular flexibility index (Phi) is 4.98. The summed E-state index contributed by atoms with van der Waals surface area (Å²) in [6.45, 7) is 4.38. The first-order chi connectivity index (χ1) is 9.58. The van der Waals surface area contributed by atoms with E-state index in [0.29, 0.717) is 12.3 Å². The smallest absolute Gasteiger partial charge is 0.412 e. The third kappa shape index (κ3) is 3.71. The van der Waals surface area contributed by atoms with Gasteiger partial charge in [0.05, 0.1) is 6.04 Å². The van der Waals surface area contributed by atoms with Crippen LogP contribution >= 0.6 is 0 Å². The number of rotatable bonds is 4. The Morgan fingerprint density at radius 2 is 2.15 bits per heavy atom. The number of carbonyl (C=O) groups is 1. The average Bonchev–Trinajstić information content (AvgIpc) is 2.78. The van der Waals surface area contributed by atoms with Crippen molar-refractivity contribution in [2.45, 2.75) is 39.2 Å². The fraction of sp³-hybridized carbons (Fsp3) is 0.533. The van der Waals surface area contributed by atoms with Crippen LogP contribution in [-0.4, -0.2) is 35.2 Å². The lowest BCUT2D eigenvalue weighted by Gasteiger charge is -2.24. The Hall–Kier alpha value is -1.59. The minimum Gasteiger partial charge on any atom is -0.444 e. The van der Waals surface area contributed by atoms with Crippen LogP contribution in [0.15, 0.2) is 30.3 Å². The normalized spacial score (nSPS) is 22.3. The SMILES string of the molecule is CC(C)C[C@H]1C(O)OCN1C(=O)OCc1ccccc1. The van der Waals surface area contributed by atoms with Crippen LogP contribution in [0.25, 0.3) is 0 Å². The van der Waals surface area contributed by atoms with E-state index in [1.165, 1.54) is 4.90 Å². The molecule has 5 heteroatoms. The molecule has 0 spiro atoms. The van der Waals surface area contributed by atoms with E-state index in [1.54, 1.807) is 0 Å². The number of amides is 1. The lowest BCUT2D eigenvalue weighted by atomic mass is 10.0. The van der Waals surface area contributed by atoms with Gasteiger partial charge >= 0.3 is 6.09 Å². The van der Waals surface area contributed by atoms with Crippen LogP contribution in [0.1, 0.15) is 25.8 Å². The van der Waals surface area contributed by atoms with Gasteiger partial charge in [0, 0.05) is 0 Å². The minimum atomic E-state index is -0.929. The van der Waals surface area contributed by atoms with E-state index >= 15 is 0 Å². The van der Waals surface area contributed by atoms with Crippen LogP contribution in [0.5, 0.6) is 0 Å². The molecule has 0 aromatic heterocycles. The minimum absolute atomic E-state index is 0.0756. The van der Waals surface area contributed by atoms with Crippen LogP contribution in [-0.2, 0) is 16.1 Å². The molecular weight excluding hydrogens is 258 g/mol. The summed E-state index contributed by atoms with van der Waals surface area (Å²) in [7, 11) is 0. The number of carbonyl (C=O) groups excluding carboxylic acids is 1. The standard InChI is InChI=1S/C15H21NO4/c1-11(2)8-13-14(17)20-10-16(13)15(18)19-9-12-6-4-3-5-7-12/h3-7,11,13-14,17H,8-10H2,1-2H3/t13-,14?/m0/s1. The molecule has 2 rings (SSSR count). The second-order valence-corrected chi connectivity index (χ2v) is 5.39. The summed E-state index contributed by atoms with van der Waals surface area (Å²) in [6.07, 6.45) is -0.695. The third-order valence-corrected chi connectivity index (χ3v) is 3.27. The summed E-state index contributed by atoms with van der Waals surface area (Å²) in [6, 6.07) is 9.16. The maximum Gasteiger partial charge on any atom is 0.412 e. The van der Waals surface area contributed by atoms with Gasteiger partial charge in [0.25, 0.3) is 0 Å². The van der Waals surface area contributed by atoms with Crippen molar-refractivity contribution in [2.75, 3.05) is 6.73 Å². The topological polar surface area (TPSA) is 59.0 Å². The monoisotopic (exact) mass is 279 g/mol. The van der Waals surface area contributed by atoms with E-state index in [2.05, 4.69) is 0 Å². The van der Waals surface area contributed by atoms with Crippen molar-refractivity contribution in [1.29, 1.82) is 0 Å². The Morgan fingerprint density at radius 1 is 1.45 bits per heavy atom. The van der Waals surface area contributed by atoms with E-state index < -0.39 is 12.4 Å². The van der Waals surface area contributed by atoms with Crippen molar-refractivity contribution in [1.82, 2.24) is 4.90 Å². The fourth-order valence-electron chi connectivity index (χ4n) is 2.23. The number of nitrogens with zero attached hydrogens (tertiary/aromatic N) is 1. The highest BCUT2D eigenvalue weighted by Crippen LogP contribution is 2.23. The summed E-state index contributed by atoms with van der Waals surface area (Å²) in [5, 5.41) is 9.77. The lowest BCUT2D eigenvalue weighted by Crippen LogP contribution is -2.40. The molecule has 20 heavy (non-hydrogen) atoms. The Labute approximate surface area is 119 Å². The summed E-state index contributed by atoms with van der Waals surface area (Å²) in [4.78, 5) is 13.5. The lowest BCUT2D eigenvalue weighted by molar-refractivity contribution is -0.0694. The molecule has 1 aromatic rings. The molecule has 1 fully saturated rings. The molecule has 1 N–H and O–H groups in total. The van der Waals surface area contributed by atoms with Crippen LogP contribution in [0.2, 0.25) is 0 Å². The number of ether oxygens (including phenoxy) is 2. The van der Waals surface area contributed by atoms with E-state index in [-0.39, 0.29) is 19.4 Å². The maximum absolute atomic E-state index is 12.1. The van der Waals surface area contributed by atoms with Gasteiger partial charge < -0.3 is 14.6 Å². The van der Waals surface area contributed by atoms with Gasteiger partial charge in [0.15, 0.2) is 6.29 Å². The molecule has 1 unspecified atom stereocenters. The van der Waals surface area contributed by atoms with Crippen LogP contribution in [0.4, 0.5) is 4.79 Å². The summed E-state index contributed by atoms with van der Waals surface area (Å²) in [5.41, 5.74) is 0.932. The van der Waals surface area contributed by atoms with E-state index in [9.17, 15) is 9.90 Å². The molecule has 1 aliphatic rings. The second-order valence-electron chi connectivity index (χ2n) is 5.39. The quantitative estimate of drug-likeness (QED) is 0.919. The highest BCUT2D eigenvalue weighted by atomic mass is 16.6.